The van der Waals surface area contributed by atoms with Crippen LogP contribution < -0.4 is 10.2 Å². The van der Waals surface area contributed by atoms with Gasteiger partial charge in [-0.05, 0) is 42.9 Å². The van der Waals surface area contributed by atoms with E-state index in [2.05, 4.69) is 33.4 Å². The van der Waals surface area contributed by atoms with Crippen molar-refractivity contribution < 1.29 is 4.79 Å². The molecular formula is C22H25N5O. The topological polar surface area (TPSA) is 72.3 Å². The fourth-order valence-corrected chi connectivity index (χ4v) is 3.86. The Morgan fingerprint density at radius 3 is 2.68 bits per heavy atom. The standard InChI is InChI=1S/C22H25N5O/c23-16-19-8-4-11-24-21(19)26-12-5-13-27(15-14-26)22(28)25-20(18-9-10-18)17-6-2-1-3-7-17/h1-4,6-8,11,18,20H,5,9-10,12-15H2,(H,25,28). The number of urea groups is 1. The molecule has 2 heterocycles. The van der Waals surface area contributed by atoms with Crippen LogP contribution in [0.25, 0.3) is 0 Å². The number of hydrogen-bond acceptors (Lipinski definition) is 4. The van der Waals surface area contributed by atoms with E-state index in [1.54, 1.807) is 18.3 Å². The summed E-state index contributed by atoms with van der Waals surface area (Å²) < 4.78 is 0. The van der Waals surface area contributed by atoms with Crippen LogP contribution in [0.15, 0.2) is 48.7 Å². The molecule has 1 saturated heterocycles. The van der Waals surface area contributed by atoms with E-state index < -0.39 is 0 Å². The van der Waals surface area contributed by atoms with E-state index in [0.717, 1.165) is 13.0 Å². The van der Waals surface area contributed by atoms with E-state index in [9.17, 15) is 10.1 Å². The zero-order valence-electron chi connectivity index (χ0n) is 15.9. The monoisotopic (exact) mass is 375 g/mol. The number of hydrogen-bond donors (Lipinski definition) is 1. The maximum atomic E-state index is 13.0. The minimum Gasteiger partial charge on any atom is -0.354 e. The Kier molecular flexibility index (Phi) is 5.43. The minimum atomic E-state index is 0.00382. The van der Waals surface area contributed by atoms with E-state index in [4.69, 9.17) is 0 Å². The molecule has 2 amide bonds. The van der Waals surface area contributed by atoms with E-state index in [1.165, 1.54) is 18.4 Å². The molecular weight excluding hydrogens is 350 g/mol. The quantitative estimate of drug-likeness (QED) is 0.890. The third-order valence-corrected chi connectivity index (χ3v) is 5.52. The first kappa shape index (κ1) is 18.3. The normalized spacial score (nSPS) is 18.1. The van der Waals surface area contributed by atoms with Gasteiger partial charge in [0.2, 0.25) is 0 Å². The van der Waals surface area contributed by atoms with Gasteiger partial charge in [-0.3, -0.25) is 0 Å². The molecule has 1 aliphatic heterocycles. The smallest absolute Gasteiger partial charge is 0.317 e. The number of nitrogens with one attached hydrogen (secondary N) is 1. The molecule has 144 valence electrons. The Bertz CT molecular complexity index is 859. The highest BCUT2D eigenvalue weighted by molar-refractivity contribution is 5.75. The summed E-state index contributed by atoms with van der Waals surface area (Å²) in [5.41, 5.74) is 1.76. The Labute approximate surface area is 165 Å². The van der Waals surface area contributed by atoms with Crippen LogP contribution in [0.2, 0.25) is 0 Å². The second kappa shape index (κ2) is 8.30. The van der Waals surface area contributed by atoms with Crippen LogP contribution in [0, 0.1) is 17.2 Å². The van der Waals surface area contributed by atoms with Gasteiger partial charge in [0.25, 0.3) is 0 Å². The largest absolute Gasteiger partial charge is 0.354 e. The van der Waals surface area contributed by atoms with Gasteiger partial charge in [-0.1, -0.05) is 30.3 Å². The molecule has 1 atom stereocenters. The highest BCUT2D eigenvalue weighted by Crippen LogP contribution is 2.41. The zero-order chi connectivity index (χ0) is 19.3. The Morgan fingerprint density at radius 2 is 1.93 bits per heavy atom. The van der Waals surface area contributed by atoms with Crippen molar-refractivity contribution >= 4 is 11.8 Å². The lowest BCUT2D eigenvalue weighted by atomic mass is 10.0. The molecule has 1 saturated carbocycles. The molecule has 28 heavy (non-hydrogen) atoms. The first-order chi connectivity index (χ1) is 13.8. The molecule has 2 aliphatic rings. The summed E-state index contributed by atoms with van der Waals surface area (Å²) in [7, 11) is 0. The molecule has 2 fully saturated rings. The Balaban J connectivity index is 1.41. The van der Waals surface area contributed by atoms with Gasteiger partial charge >= 0.3 is 6.03 Å². The van der Waals surface area contributed by atoms with Gasteiger partial charge in [0.05, 0.1) is 11.6 Å². The third kappa shape index (κ3) is 4.09. The van der Waals surface area contributed by atoms with E-state index in [0.29, 0.717) is 36.9 Å². The van der Waals surface area contributed by atoms with Crippen LogP contribution >= 0.6 is 0 Å². The molecule has 1 aromatic heterocycles. The van der Waals surface area contributed by atoms with Gasteiger partial charge in [0, 0.05) is 32.4 Å². The van der Waals surface area contributed by atoms with Crippen molar-refractivity contribution in [1.29, 1.82) is 5.26 Å². The second-order valence-electron chi connectivity index (χ2n) is 7.49. The average Bonchev–Trinajstić information content (AvgIpc) is 3.59. The van der Waals surface area contributed by atoms with Gasteiger partial charge in [0.1, 0.15) is 11.9 Å². The number of anilines is 1. The number of carbonyl (C=O) groups excluding carboxylic acids is 1. The van der Waals surface area contributed by atoms with Crippen molar-refractivity contribution in [3.05, 3.63) is 59.8 Å². The lowest BCUT2D eigenvalue weighted by Gasteiger charge is -2.26. The van der Waals surface area contributed by atoms with Crippen molar-refractivity contribution in [3.63, 3.8) is 0 Å². The summed E-state index contributed by atoms with van der Waals surface area (Å²) in [6, 6.07) is 16.1. The summed E-state index contributed by atoms with van der Waals surface area (Å²) in [4.78, 5) is 21.4. The highest BCUT2D eigenvalue weighted by atomic mass is 16.2. The van der Waals surface area contributed by atoms with Crippen LogP contribution in [-0.2, 0) is 0 Å². The fourth-order valence-electron chi connectivity index (χ4n) is 3.86. The summed E-state index contributed by atoms with van der Waals surface area (Å²) in [5.74, 6) is 1.26. The number of nitriles is 1. The molecule has 1 unspecified atom stereocenters. The van der Waals surface area contributed by atoms with Crippen molar-refractivity contribution in [3.8, 4) is 6.07 Å². The molecule has 2 aromatic rings. The van der Waals surface area contributed by atoms with Crippen LogP contribution in [0.1, 0.15) is 36.4 Å². The summed E-state index contributed by atoms with van der Waals surface area (Å²) in [5, 5.41) is 12.6. The number of rotatable bonds is 4. The molecule has 0 radical (unpaired) electrons. The Hall–Kier alpha value is -3.07. The van der Waals surface area contributed by atoms with E-state index >= 15 is 0 Å². The SMILES string of the molecule is N#Cc1cccnc1N1CCCN(C(=O)NC(c2ccccc2)C2CC2)CC1. The maximum absolute atomic E-state index is 13.0. The van der Waals surface area contributed by atoms with E-state index in [1.807, 2.05) is 23.1 Å². The molecule has 1 N–H and O–H groups in total. The molecule has 0 bridgehead atoms. The minimum absolute atomic E-state index is 0.00382. The molecule has 0 spiro atoms. The average molecular weight is 375 g/mol. The van der Waals surface area contributed by atoms with Crippen LogP contribution in [-0.4, -0.2) is 42.1 Å². The third-order valence-electron chi connectivity index (χ3n) is 5.52. The number of pyridine rings is 1. The lowest BCUT2D eigenvalue weighted by molar-refractivity contribution is 0.195. The zero-order valence-corrected chi connectivity index (χ0v) is 15.9. The van der Waals surface area contributed by atoms with Gasteiger partial charge in [-0.25, -0.2) is 9.78 Å². The van der Waals surface area contributed by atoms with Gasteiger partial charge in [0.15, 0.2) is 0 Å². The predicted octanol–water partition coefficient (Wildman–Crippen LogP) is 3.33. The molecule has 1 aliphatic carbocycles. The Morgan fingerprint density at radius 1 is 1.11 bits per heavy atom. The number of carbonyl (C=O) groups is 1. The van der Waals surface area contributed by atoms with Crippen LogP contribution in [0.4, 0.5) is 10.6 Å². The van der Waals surface area contributed by atoms with Crippen LogP contribution in [0.3, 0.4) is 0 Å². The fraction of sp³-hybridized carbons (Fsp3) is 0.409. The van der Waals surface area contributed by atoms with Gasteiger partial charge in [-0.2, -0.15) is 5.26 Å². The lowest BCUT2D eigenvalue weighted by Crippen LogP contribution is -2.44. The summed E-state index contributed by atoms with van der Waals surface area (Å²) >= 11 is 0. The van der Waals surface area contributed by atoms with E-state index in [-0.39, 0.29) is 12.1 Å². The summed E-state index contributed by atoms with van der Waals surface area (Å²) in [6.45, 7) is 2.81. The van der Waals surface area contributed by atoms with Gasteiger partial charge < -0.3 is 15.1 Å². The number of aromatic nitrogens is 1. The van der Waals surface area contributed by atoms with Crippen molar-refractivity contribution in [1.82, 2.24) is 15.2 Å². The predicted molar refractivity (Wildman–Crippen MR) is 108 cm³/mol. The van der Waals surface area contributed by atoms with Crippen molar-refractivity contribution in [2.45, 2.75) is 25.3 Å². The first-order valence-electron chi connectivity index (χ1n) is 9.96. The molecule has 6 heteroatoms. The molecule has 6 nitrogen and oxygen atoms in total. The molecule has 4 rings (SSSR count). The maximum Gasteiger partial charge on any atom is 0.317 e. The second-order valence-corrected chi connectivity index (χ2v) is 7.49. The number of amides is 2. The number of benzene rings is 1. The van der Waals surface area contributed by atoms with Crippen LogP contribution in [0.5, 0.6) is 0 Å². The first-order valence-corrected chi connectivity index (χ1v) is 9.96. The number of nitrogens with zero attached hydrogens (tertiary/aromatic N) is 4. The van der Waals surface area contributed by atoms with Crippen molar-refractivity contribution in [2.75, 3.05) is 31.1 Å². The van der Waals surface area contributed by atoms with Gasteiger partial charge in [-0.15, -0.1) is 0 Å². The summed E-state index contributed by atoms with van der Waals surface area (Å²) in [6.07, 6.45) is 4.91. The molecule has 1 aromatic carbocycles. The highest BCUT2D eigenvalue weighted by Gasteiger charge is 2.34. The van der Waals surface area contributed by atoms with Crippen molar-refractivity contribution in [2.24, 2.45) is 5.92 Å².